The largest absolute Gasteiger partial charge is 0.476 e. The molecule has 1 spiro atoms. The molecule has 0 saturated carbocycles. The van der Waals surface area contributed by atoms with E-state index in [1.165, 1.54) is 12.3 Å². The van der Waals surface area contributed by atoms with E-state index >= 15 is 0 Å². The Morgan fingerprint density at radius 3 is 2.55 bits per heavy atom. The van der Waals surface area contributed by atoms with E-state index in [1.54, 1.807) is 17.0 Å². The van der Waals surface area contributed by atoms with Crippen LogP contribution in [-0.2, 0) is 6.54 Å². The van der Waals surface area contributed by atoms with Crippen LogP contribution in [0.5, 0.6) is 0 Å². The Labute approximate surface area is 168 Å². The molecule has 0 bridgehead atoms. The lowest BCUT2D eigenvalue weighted by atomic mass is 9.78. The van der Waals surface area contributed by atoms with Gasteiger partial charge in [-0.15, -0.1) is 0 Å². The van der Waals surface area contributed by atoms with Crippen LogP contribution in [0.2, 0.25) is 0 Å². The summed E-state index contributed by atoms with van der Waals surface area (Å²) < 4.78 is 14.8. The molecule has 2 aliphatic heterocycles. The van der Waals surface area contributed by atoms with E-state index in [0.717, 1.165) is 54.7 Å². The number of carbonyl (C=O) groups excluding carboxylic acids is 1. The molecular weight excluding hydrogens is 375 g/mol. The topological polar surface area (TPSA) is 78.7 Å². The van der Waals surface area contributed by atoms with Gasteiger partial charge >= 0.3 is 12.0 Å². The number of carboxylic acid groups (broad SMARTS) is 1. The number of amides is 1. The van der Waals surface area contributed by atoms with Crippen molar-refractivity contribution in [2.75, 3.05) is 26.2 Å². The molecule has 1 aromatic heterocycles. The van der Waals surface area contributed by atoms with Crippen molar-refractivity contribution in [1.29, 1.82) is 0 Å². The lowest BCUT2D eigenvalue weighted by molar-refractivity contribution is 0.0689. The molecule has 7 nitrogen and oxygen atoms in total. The lowest BCUT2D eigenvalue weighted by Gasteiger charge is -2.39. The van der Waals surface area contributed by atoms with E-state index in [-0.39, 0.29) is 23.0 Å². The second-order valence-electron chi connectivity index (χ2n) is 8.32. The van der Waals surface area contributed by atoms with Gasteiger partial charge in [0.25, 0.3) is 0 Å². The average molecular weight is 400 g/mol. The molecule has 2 fully saturated rings. The zero-order chi connectivity index (χ0) is 20.6. The first kappa shape index (κ1) is 19.6. The Kier molecular flexibility index (Phi) is 5.12. The van der Waals surface area contributed by atoms with E-state index in [4.69, 9.17) is 5.11 Å². The summed E-state index contributed by atoms with van der Waals surface area (Å²) >= 11 is 0. The van der Waals surface area contributed by atoms with Crippen LogP contribution in [0.25, 0.3) is 0 Å². The number of hydrogen-bond acceptors (Lipinski definition) is 4. The lowest BCUT2D eigenvalue weighted by Crippen LogP contribution is -2.45. The number of rotatable bonds is 3. The van der Waals surface area contributed by atoms with Crippen molar-refractivity contribution in [3.05, 3.63) is 53.1 Å². The van der Waals surface area contributed by atoms with Crippen LogP contribution >= 0.6 is 0 Å². The molecule has 1 N–H and O–H groups in total. The maximum Gasteiger partial charge on any atom is 0.356 e. The molecule has 2 saturated heterocycles. The summed E-state index contributed by atoms with van der Waals surface area (Å²) in [5.41, 5.74) is 1.99. The fourth-order valence-electron chi connectivity index (χ4n) is 4.59. The van der Waals surface area contributed by atoms with Crippen molar-refractivity contribution in [1.82, 2.24) is 19.6 Å². The third-order valence-electron chi connectivity index (χ3n) is 6.12. The van der Waals surface area contributed by atoms with Crippen LogP contribution in [-0.4, -0.2) is 62.9 Å². The van der Waals surface area contributed by atoms with E-state index in [1.807, 2.05) is 13.0 Å². The maximum absolute atomic E-state index is 13.7. The first-order chi connectivity index (χ1) is 13.8. The second-order valence-corrected chi connectivity index (χ2v) is 8.32. The van der Waals surface area contributed by atoms with Crippen molar-refractivity contribution < 1.29 is 19.1 Å². The number of carbonyl (C=O) groups is 2. The number of hydrogen-bond donors (Lipinski definition) is 1. The monoisotopic (exact) mass is 400 g/mol. The quantitative estimate of drug-likeness (QED) is 0.857. The van der Waals surface area contributed by atoms with Gasteiger partial charge in [0, 0.05) is 32.4 Å². The molecule has 0 atom stereocenters. The van der Waals surface area contributed by atoms with Crippen molar-refractivity contribution in [2.24, 2.45) is 5.41 Å². The van der Waals surface area contributed by atoms with Gasteiger partial charge in [-0.3, -0.25) is 4.90 Å². The van der Waals surface area contributed by atoms with Gasteiger partial charge in [0.2, 0.25) is 0 Å². The smallest absolute Gasteiger partial charge is 0.356 e. The molecule has 8 heteroatoms. The summed E-state index contributed by atoms with van der Waals surface area (Å²) in [6.45, 7) is 5.85. The second kappa shape index (κ2) is 7.59. The number of halogens is 1. The first-order valence-electron chi connectivity index (χ1n) is 9.90. The molecule has 2 aromatic rings. The van der Waals surface area contributed by atoms with Crippen LogP contribution in [0.1, 0.15) is 40.9 Å². The molecule has 3 heterocycles. The zero-order valence-electron chi connectivity index (χ0n) is 16.5. The zero-order valence-corrected chi connectivity index (χ0v) is 16.5. The number of benzene rings is 1. The molecule has 29 heavy (non-hydrogen) atoms. The number of aromatic nitrogens is 2. The highest BCUT2D eigenvalue weighted by Crippen LogP contribution is 2.41. The summed E-state index contributed by atoms with van der Waals surface area (Å²) in [4.78, 5) is 27.7. The Morgan fingerprint density at radius 1 is 1.17 bits per heavy atom. The van der Waals surface area contributed by atoms with Gasteiger partial charge in [0.15, 0.2) is 5.69 Å². The summed E-state index contributed by atoms with van der Waals surface area (Å²) in [6.07, 6.45) is 4.29. The van der Waals surface area contributed by atoms with Crippen LogP contribution in [0.3, 0.4) is 0 Å². The third kappa shape index (κ3) is 4.17. The standard InChI is InChI=1S/C21H25FN4O3/c1-15-10-16(12-17(22)11-15)13-24-7-3-21(14-24)4-8-25(9-5-21)20(29)26-6-2-18(23-26)19(27)28/h2,6,10-12H,3-5,7-9,13-14H2,1H3,(H,27,28). The van der Waals surface area contributed by atoms with Crippen molar-refractivity contribution in [2.45, 2.75) is 32.7 Å². The van der Waals surface area contributed by atoms with Gasteiger partial charge in [-0.25, -0.2) is 14.0 Å². The van der Waals surface area contributed by atoms with E-state index in [9.17, 15) is 14.0 Å². The number of nitrogens with zero attached hydrogens (tertiary/aromatic N) is 4. The van der Waals surface area contributed by atoms with Crippen molar-refractivity contribution >= 4 is 12.0 Å². The number of piperidine rings is 1. The van der Waals surface area contributed by atoms with Crippen LogP contribution in [0.15, 0.2) is 30.5 Å². The Bertz CT molecular complexity index is 914. The Hall–Kier alpha value is -2.74. The molecule has 0 unspecified atom stereocenters. The number of likely N-dealkylation sites (tertiary alicyclic amines) is 2. The molecule has 0 radical (unpaired) electrons. The SMILES string of the molecule is Cc1cc(F)cc(CN2CCC3(CCN(C(=O)n4ccc(C(=O)O)n4)CC3)C2)c1. The normalized spacial score (nSPS) is 19.0. The molecular formula is C21H25FN4O3. The Morgan fingerprint density at radius 2 is 1.90 bits per heavy atom. The highest BCUT2D eigenvalue weighted by atomic mass is 19.1. The summed E-state index contributed by atoms with van der Waals surface area (Å²) in [7, 11) is 0. The van der Waals surface area contributed by atoms with Crippen molar-refractivity contribution in [3.63, 3.8) is 0 Å². The minimum atomic E-state index is -1.14. The maximum atomic E-state index is 13.7. The third-order valence-corrected chi connectivity index (χ3v) is 6.12. The van der Waals surface area contributed by atoms with Crippen LogP contribution in [0, 0.1) is 18.2 Å². The van der Waals surface area contributed by atoms with Crippen LogP contribution < -0.4 is 0 Å². The Balaban J connectivity index is 1.34. The molecule has 2 aliphatic rings. The fourth-order valence-corrected chi connectivity index (χ4v) is 4.59. The molecule has 154 valence electrons. The summed E-state index contributed by atoms with van der Waals surface area (Å²) in [5, 5.41) is 12.8. The summed E-state index contributed by atoms with van der Waals surface area (Å²) in [6, 6.07) is 6.23. The molecule has 1 amide bonds. The average Bonchev–Trinajstić information content (AvgIpc) is 3.29. The highest BCUT2D eigenvalue weighted by molar-refractivity contribution is 5.86. The number of carboxylic acids is 1. The molecule has 4 rings (SSSR count). The van der Waals surface area contributed by atoms with Gasteiger partial charge in [-0.05, 0) is 67.5 Å². The van der Waals surface area contributed by atoms with E-state index < -0.39 is 5.97 Å². The predicted octanol–water partition coefficient (Wildman–Crippen LogP) is 2.99. The van der Waals surface area contributed by atoms with E-state index in [2.05, 4.69) is 10.00 Å². The highest BCUT2D eigenvalue weighted by Gasteiger charge is 2.41. The summed E-state index contributed by atoms with van der Waals surface area (Å²) in [5.74, 6) is -1.33. The minimum Gasteiger partial charge on any atom is -0.476 e. The van der Waals surface area contributed by atoms with Gasteiger partial charge in [0.05, 0.1) is 0 Å². The number of aryl methyl sites for hydroxylation is 1. The van der Waals surface area contributed by atoms with Gasteiger partial charge < -0.3 is 10.0 Å². The fraction of sp³-hybridized carbons (Fsp3) is 0.476. The predicted molar refractivity (Wildman–Crippen MR) is 104 cm³/mol. The molecule has 1 aromatic carbocycles. The van der Waals surface area contributed by atoms with Crippen LogP contribution in [0.4, 0.5) is 9.18 Å². The first-order valence-corrected chi connectivity index (χ1v) is 9.90. The van der Waals surface area contributed by atoms with Gasteiger partial charge in [0.1, 0.15) is 5.82 Å². The van der Waals surface area contributed by atoms with Crippen molar-refractivity contribution in [3.8, 4) is 0 Å². The van der Waals surface area contributed by atoms with E-state index in [0.29, 0.717) is 13.1 Å². The van der Waals surface area contributed by atoms with Gasteiger partial charge in [-0.1, -0.05) is 6.07 Å². The van der Waals surface area contributed by atoms with Gasteiger partial charge in [-0.2, -0.15) is 9.78 Å². The molecule has 0 aliphatic carbocycles. The number of aromatic carboxylic acids is 1. The minimum absolute atomic E-state index is 0.133.